The lowest BCUT2D eigenvalue weighted by atomic mass is 10.0. The highest BCUT2D eigenvalue weighted by atomic mass is 16.6. The van der Waals surface area contributed by atoms with Crippen LogP contribution < -0.4 is 5.56 Å². The van der Waals surface area contributed by atoms with E-state index >= 15 is 0 Å². The molecule has 1 heterocycles. The molecule has 1 rings (SSSR count). The number of aromatic amines is 1. The molecule has 3 N–H and O–H groups in total. The number of nitro groups is 1. The summed E-state index contributed by atoms with van der Waals surface area (Å²) in [4.78, 5) is 23.0. The largest absolute Gasteiger partial charge is 0.384 e. The summed E-state index contributed by atoms with van der Waals surface area (Å²) in [5.74, 6) is 0. The summed E-state index contributed by atoms with van der Waals surface area (Å²) >= 11 is 0. The third-order valence-electron chi connectivity index (χ3n) is 2.29. The van der Waals surface area contributed by atoms with Gasteiger partial charge in [-0.25, -0.2) is 0 Å². The first kappa shape index (κ1) is 12.8. The summed E-state index contributed by atoms with van der Waals surface area (Å²) < 4.78 is 0. The predicted molar refractivity (Wildman–Crippen MR) is 55.0 cm³/mol. The lowest BCUT2D eigenvalue weighted by molar-refractivity contribution is -0.387. The van der Waals surface area contributed by atoms with Crippen molar-refractivity contribution in [2.24, 2.45) is 0 Å². The molecule has 8 heteroatoms. The van der Waals surface area contributed by atoms with Gasteiger partial charge in [0.2, 0.25) is 0 Å². The van der Waals surface area contributed by atoms with Crippen LogP contribution in [0.25, 0.3) is 0 Å². The molecule has 2 unspecified atom stereocenters. The fourth-order valence-corrected chi connectivity index (χ4v) is 1.39. The summed E-state index contributed by atoms with van der Waals surface area (Å²) in [6.45, 7) is 1.26. The second kappa shape index (κ2) is 4.73. The number of pyridine rings is 1. The Morgan fingerprint density at radius 2 is 2.18 bits per heavy atom. The fraction of sp³-hybridized carbons (Fsp3) is 0.333. The number of nitriles is 1. The number of H-pyrrole nitrogens is 1. The maximum absolute atomic E-state index is 11.2. The minimum Gasteiger partial charge on any atom is -0.384 e. The molecule has 0 saturated carbocycles. The van der Waals surface area contributed by atoms with Gasteiger partial charge in [0.05, 0.1) is 11.0 Å². The summed E-state index contributed by atoms with van der Waals surface area (Å²) in [6.07, 6.45) is -2.30. The molecular weight excluding hydrogens is 230 g/mol. The van der Waals surface area contributed by atoms with Crippen LogP contribution in [0.5, 0.6) is 0 Å². The molecule has 0 radical (unpaired) electrons. The fourth-order valence-electron chi connectivity index (χ4n) is 1.39. The number of nitrogens with one attached hydrogen (secondary N) is 1. The molecule has 1 aromatic rings. The highest BCUT2D eigenvalue weighted by Crippen LogP contribution is 2.23. The second-order valence-electron chi connectivity index (χ2n) is 3.32. The van der Waals surface area contributed by atoms with Crippen molar-refractivity contribution in [1.82, 2.24) is 4.98 Å². The van der Waals surface area contributed by atoms with Gasteiger partial charge in [0, 0.05) is 17.3 Å². The van der Waals surface area contributed by atoms with E-state index in [2.05, 4.69) is 4.98 Å². The number of aromatic nitrogens is 1. The molecule has 8 nitrogen and oxygen atoms in total. The van der Waals surface area contributed by atoms with Crippen molar-refractivity contribution in [1.29, 1.82) is 5.26 Å². The number of hydrogen-bond acceptors (Lipinski definition) is 6. The van der Waals surface area contributed by atoms with Gasteiger partial charge in [0.15, 0.2) is 6.10 Å². The Balaban J connectivity index is 3.39. The first-order valence-corrected chi connectivity index (χ1v) is 4.52. The summed E-state index contributed by atoms with van der Waals surface area (Å²) in [7, 11) is 0. The van der Waals surface area contributed by atoms with Crippen LogP contribution in [-0.2, 0) is 0 Å². The maximum Gasteiger partial charge on any atom is 0.337 e. The van der Waals surface area contributed by atoms with Gasteiger partial charge in [0.1, 0.15) is 6.10 Å². The molecule has 0 spiro atoms. The third-order valence-corrected chi connectivity index (χ3v) is 2.29. The van der Waals surface area contributed by atoms with Gasteiger partial charge in [-0.3, -0.25) is 14.9 Å². The zero-order valence-corrected chi connectivity index (χ0v) is 8.75. The minimum absolute atomic E-state index is 0.0645. The Morgan fingerprint density at radius 1 is 1.59 bits per heavy atom. The molecule has 0 aliphatic carbocycles. The average molecular weight is 239 g/mol. The normalized spacial score (nSPS) is 13.8. The van der Waals surface area contributed by atoms with Gasteiger partial charge in [-0.2, -0.15) is 5.26 Å². The summed E-state index contributed by atoms with van der Waals surface area (Å²) in [5.41, 5.74) is -1.77. The molecule has 0 aliphatic rings. The smallest absolute Gasteiger partial charge is 0.337 e. The SMILES string of the molecule is Cc1c(C(O)C(O)C#N)c[nH]c(=O)c1[N+](=O)[O-]. The number of nitrogens with zero attached hydrogens (tertiary/aromatic N) is 2. The molecule has 90 valence electrons. The van der Waals surface area contributed by atoms with Crippen LogP contribution in [0, 0.1) is 28.4 Å². The van der Waals surface area contributed by atoms with Gasteiger partial charge in [-0.05, 0) is 6.92 Å². The lowest BCUT2D eigenvalue weighted by Crippen LogP contribution is -2.21. The van der Waals surface area contributed by atoms with E-state index in [-0.39, 0.29) is 11.1 Å². The van der Waals surface area contributed by atoms with E-state index in [1.54, 1.807) is 0 Å². The summed E-state index contributed by atoms with van der Waals surface area (Å²) in [5, 5.41) is 37.7. The standard InChI is InChI=1S/C9H9N3O5/c1-4-5(8(14)6(13)2-10)3-11-9(15)7(4)12(16)17/h3,6,8,13-14H,1H3,(H,11,15). The first-order chi connectivity index (χ1) is 7.90. The minimum atomic E-state index is -1.72. The van der Waals surface area contributed by atoms with Gasteiger partial charge < -0.3 is 15.2 Å². The van der Waals surface area contributed by atoms with E-state index in [0.717, 1.165) is 6.20 Å². The molecule has 0 fully saturated rings. The molecule has 0 bridgehead atoms. The van der Waals surface area contributed by atoms with Crippen molar-refractivity contribution in [2.45, 2.75) is 19.1 Å². The zero-order valence-electron chi connectivity index (χ0n) is 8.75. The lowest BCUT2D eigenvalue weighted by Gasteiger charge is -2.13. The van der Waals surface area contributed by atoms with Crippen LogP contribution in [0.3, 0.4) is 0 Å². The molecule has 2 atom stereocenters. The Labute approximate surface area is 94.9 Å². The predicted octanol–water partition coefficient (Wildman–Crippen LogP) is -0.491. The van der Waals surface area contributed by atoms with Crippen LogP contribution >= 0.6 is 0 Å². The second-order valence-corrected chi connectivity index (χ2v) is 3.32. The molecule has 0 saturated heterocycles. The van der Waals surface area contributed by atoms with E-state index in [1.807, 2.05) is 0 Å². The third kappa shape index (κ3) is 2.30. The van der Waals surface area contributed by atoms with Crippen LogP contribution in [-0.4, -0.2) is 26.2 Å². The Morgan fingerprint density at radius 3 is 2.65 bits per heavy atom. The number of aliphatic hydroxyl groups is 2. The van der Waals surface area contributed by atoms with E-state index in [1.165, 1.54) is 13.0 Å². The van der Waals surface area contributed by atoms with Gasteiger partial charge >= 0.3 is 11.2 Å². The molecule has 1 aromatic heterocycles. The number of hydrogen-bond donors (Lipinski definition) is 3. The van der Waals surface area contributed by atoms with Gasteiger partial charge in [-0.1, -0.05) is 0 Å². The topological polar surface area (TPSA) is 140 Å². The van der Waals surface area contributed by atoms with E-state index < -0.39 is 28.4 Å². The Kier molecular flexibility index (Phi) is 3.57. The van der Waals surface area contributed by atoms with Crippen molar-refractivity contribution in [3.63, 3.8) is 0 Å². The quantitative estimate of drug-likeness (QED) is 0.369. The van der Waals surface area contributed by atoms with Crippen molar-refractivity contribution in [3.05, 3.63) is 37.8 Å². The summed E-state index contributed by atoms with van der Waals surface area (Å²) in [6, 6.07) is 1.40. The molecule has 0 aliphatic heterocycles. The Hall–Kier alpha value is -2.24. The van der Waals surface area contributed by atoms with E-state index in [0.29, 0.717) is 0 Å². The van der Waals surface area contributed by atoms with Crippen LogP contribution in [0.2, 0.25) is 0 Å². The van der Waals surface area contributed by atoms with Crippen molar-refractivity contribution < 1.29 is 15.1 Å². The van der Waals surface area contributed by atoms with E-state index in [4.69, 9.17) is 10.4 Å². The molecule has 0 amide bonds. The van der Waals surface area contributed by atoms with Crippen LogP contribution in [0.1, 0.15) is 17.2 Å². The maximum atomic E-state index is 11.2. The van der Waals surface area contributed by atoms with E-state index in [9.17, 15) is 20.0 Å². The van der Waals surface area contributed by atoms with Gasteiger partial charge in [0.25, 0.3) is 0 Å². The molecule has 17 heavy (non-hydrogen) atoms. The first-order valence-electron chi connectivity index (χ1n) is 4.52. The van der Waals surface area contributed by atoms with Gasteiger partial charge in [-0.15, -0.1) is 0 Å². The average Bonchev–Trinajstić information content (AvgIpc) is 2.27. The van der Waals surface area contributed by atoms with Crippen LogP contribution in [0.15, 0.2) is 11.0 Å². The van der Waals surface area contributed by atoms with Crippen molar-refractivity contribution in [3.8, 4) is 6.07 Å². The zero-order chi connectivity index (χ0) is 13.2. The monoisotopic (exact) mass is 239 g/mol. The van der Waals surface area contributed by atoms with Crippen molar-refractivity contribution >= 4 is 5.69 Å². The van der Waals surface area contributed by atoms with Crippen LogP contribution in [0.4, 0.5) is 5.69 Å². The number of aliphatic hydroxyl groups excluding tert-OH is 2. The Bertz CT molecular complexity index is 545. The molecule has 0 aromatic carbocycles. The van der Waals surface area contributed by atoms with Crippen molar-refractivity contribution in [2.75, 3.05) is 0 Å². The highest BCUT2D eigenvalue weighted by Gasteiger charge is 2.26. The number of rotatable bonds is 3. The molecular formula is C9H9N3O5. The highest BCUT2D eigenvalue weighted by molar-refractivity contribution is 5.43.